The Balaban J connectivity index is 1.67. The summed E-state index contributed by atoms with van der Waals surface area (Å²) in [5.74, 6) is 0.733. The van der Waals surface area contributed by atoms with E-state index >= 15 is 0 Å². The predicted molar refractivity (Wildman–Crippen MR) is 117 cm³/mol. The van der Waals surface area contributed by atoms with Crippen LogP contribution in [-0.2, 0) is 4.79 Å². The van der Waals surface area contributed by atoms with Crippen LogP contribution in [0.15, 0.2) is 78.9 Å². The van der Waals surface area contributed by atoms with Gasteiger partial charge in [-0.1, -0.05) is 66.2 Å². The highest BCUT2D eigenvalue weighted by Gasteiger charge is 2.16. The summed E-state index contributed by atoms with van der Waals surface area (Å²) in [5, 5.41) is 7.09. The summed E-state index contributed by atoms with van der Waals surface area (Å²) in [6.07, 6.45) is 0. The number of halogens is 1. The van der Waals surface area contributed by atoms with Crippen molar-refractivity contribution in [3.8, 4) is 5.75 Å². The Hall–Kier alpha value is -2.82. The molecule has 0 saturated carbocycles. The van der Waals surface area contributed by atoms with Gasteiger partial charge in [-0.2, -0.15) is 0 Å². The first kappa shape index (κ1) is 20.9. The summed E-state index contributed by atoms with van der Waals surface area (Å²) in [6.45, 7) is 2.16. The van der Waals surface area contributed by atoms with Gasteiger partial charge < -0.3 is 10.1 Å². The van der Waals surface area contributed by atoms with Gasteiger partial charge in [-0.3, -0.25) is 10.1 Å². The monoisotopic (exact) mass is 408 g/mol. The summed E-state index contributed by atoms with van der Waals surface area (Å²) in [7, 11) is 1.65. The molecule has 5 heteroatoms. The maximum atomic E-state index is 12.5. The molecule has 0 aliphatic carbocycles. The molecule has 0 spiro atoms. The van der Waals surface area contributed by atoms with Gasteiger partial charge in [0.2, 0.25) is 5.91 Å². The summed E-state index contributed by atoms with van der Waals surface area (Å²) >= 11 is 5.94. The minimum Gasteiger partial charge on any atom is -0.497 e. The molecule has 0 aromatic heterocycles. The fraction of sp³-hybridized carbons (Fsp3) is 0.208. The van der Waals surface area contributed by atoms with Crippen molar-refractivity contribution >= 4 is 17.5 Å². The highest BCUT2D eigenvalue weighted by Crippen LogP contribution is 2.24. The molecule has 29 heavy (non-hydrogen) atoms. The molecule has 0 radical (unpaired) electrons. The van der Waals surface area contributed by atoms with E-state index in [1.54, 1.807) is 7.11 Å². The Kier molecular flexibility index (Phi) is 7.28. The van der Waals surface area contributed by atoms with Crippen molar-refractivity contribution in [1.82, 2.24) is 10.6 Å². The minimum atomic E-state index is -0.0993. The van der Waals surface area contributed by atoms with Gasteiger partial charge in [0.25, 0.3) is 0 Å². The highest BCUT2D eigenvalue weighted by atomic mass is 35.5. The third kappa shape index (κ3) is 5.83. The van der Waals surface area contributed by atoms with Crippen LogP contribution in [0.2, 0.25) is 5.02 Å². The molecular formula is C24H25ClN2O2. The fourth-order valence-electron chi connectivity index (χ4n) is 3.19. The molecule has 3 rings (SSSR count). The third-order valence-corrected chi connectivity index (χ3v) is 5.05. The number of rotatable bonds is 8. The van der Waals surface area contributed by atoms with Gasteiger partial charge in [0, 0.05) is 5.02 Å². The topological polar surface area (TPSA) is 50.4 Å². The molecule has 3 aromatic rings. The zero-order valence-corrected chi connectivity index (χ0v) is 17.3. The van der Waals surface area contributed by atoms with E-state index in [4.69, 9.17) is 16.3 Å². The van der Waals surface area contributed by atoms with Gasteiger partial charge >= 0.3 is 0 Å². The van der Waals surface area contributed by atoms with Crippen molar-refractivity contribution in [1.29, 1.82) is 0 Å². The highest BCUT2D eigenvalue weighted by molar-refractivity contribution is 6.30. The first-order valence-electron chi connectivity index (χ1n) is 9.54. The molecule has 4 nitrogen and oxygen atoms in total. The standard InChI is InChI=1S/C24H25ClN2O2/c1-17(18-8-12-21(25)13-9-18)27-23(28)16-26-24(19-6-4-3-5-7-19)20-10-14-22(29-2)15-11-20/h3-15,17,24,26H,16H2,1-2H3,(H,27,28)/t17-,24+/m0/s1. The molecule has 0 aliphatic heterocycles. The Morgan fingerprint density at radius 3 is 2.10 bits per heavy atom. The number of ether oxygens (including phenoxy) is 1. The second-order valence-electron chi connectivity index (χ2n) is 6.84. The summed E-state index contributed by atoms with van der Waals surface area (Å²) < 4.78 is 5.25. The number of benzene rings is 3. The second-order valence-corrected chi connectivity index (χ2v) is 7.27. The smallest absolute Gasteiger partial charge is 0.234 e. The lowest BCUT2D eigenvalue weighted by molar-refractivity contribution is -0.121. The van der Waals surface area contributed by atoms with E-state index in [0.29, 0.717) is 5.02 Å². The van der Waals surface area contributed by atoms with Crippen molar-refractivity contribution in [2.45, 2.75) is 19.0 Å². The van der Waals surface area contributed by atoms with Crippen LogP contribution in [0.5, 0.6) is 5.75 Å². The van der Waals surface area contributed by atoms with Crippen molar-refractivity contribution in [3.05, 3.63) is 101 Å². The number of nitrogens with one attached hydrogen (secondary N) is 2. The SMILES string of the molecule is COc1ccc([C@H](NCC(=O)N[C@@H](C)c2ccc(Cl)cc2)c2ccccc2)cc1. The second kappa shape index (κ2) is 10.1. The molecule has 1 amide bonds. The molecule has 3 aromatic carbocycles. The zero-order valence-electron chi connectivity index (χ0n) is 16.6. The molecule has 150 valence electrons. The number of hydrogen-bond acceptors (Lipinski definition) is 3. The Bertz CT molecular complexity index is 912. The molecular weight excluding hydrogens is 384 g/mol. The van der Waals surface area contributed by atoms with E-state index < -0.39 is 0 Å². The van der Waals surface area contributed by atoms with Gasteiger partial charge in [-0.05, 0) is 47.9 Å². The molecule has 0 aliphatic rings. The van der Waals surface area contributed by atoms with Crippen molar-refractivity contribution in [3.63, 3.8) is 0 Å². The van der Waals surface area contributed by atoms with Gasteiger partial charge in [0.05, 0.1) is 25.7 Å². The van der Waals surface area contributed by atoms with Crippen LogP contribution in [0.4, 0.5) is 0 Å². The van der Waals surface area contributed by atoms with E-state index in [9.17, 15) is 4.79 Å². The van der Waals surface area contributed by atoms with Crippen LogP contribution < -0.4 is 15.4 Å². The van der Waals surface area contributed by atoms with E-state index in [1.807, 2.05) is 73.7 Å². The van der Waals surface area contributed by atoms with Crippen LogP contribution in [0, 0.1) is 0 Å². The number of amides is 1. The van der Waals surface area contributed by atoms with Crippen LogP contribution in [0.1, 0.15) is 35.7 Å². The van der Waals surface area contributed by atoms with Crippen LogP contribution >= 0.6 is 11.6 Å². The van der Waals surface area contributed by atoms with E-state index in [1.165, 1.54) is 0 Å². The van der Waals surface area contributed by atoms with Crippen LogP contribution in [0.25, 0.3) is 0 Å². The first-order valence-corrected chi connectivity index (χ1v) is 9.91. The average Bonchev–Trinajstić information content (AvgIpc) is 2.75. The van der Waals surface area contributed by atoms with Crippen LogP contribution in [0.3, 0.4) is 0 Å². The van der Waals surface area contributed by atoms with Gasteiger partial charge in [0.1, 0.15) is 5.75 Å². The number of carbonyl (C=O) groups excluding carboxylic acids is 1. The van der Waals surface area contributed by atoms with Crippen molar-refractivity contribution in [2.75, 3.05) is 13.7 Å². The van der Waals surface area contributed by atoms with Crippen molar-refractivity contribution in [2.24, 2.45) is 0 Å². The maximum Gasteiger partial charge on any atom is 0.234 e. The molecule has 0 fully saturated rings. The number of methoxy groups -OCH3 is 1. The molecule has 0 saturated heterocycles. The summed E-state index contributed by atoms with van der Waals surface area (Å²) in [6, 6.07) is 25.3. The van der Waals surface area contributed by atoms with E-state index in [-0.39, 0.29) is 24.5 Å². The predicted octanol–water partition coefficient (Wildman–Crippen LogP) is 4.91. The lowest BCUT2D eigenvalue weighted by Crippen LogP contribution is -2.37. The van der Waals surface area contributed by atoms with Crippen LogP contribution in [-0.4, -0.2) is 19.6 Å². The Labute approximate surface area is 176 Å². The third-order valence-electron chi connectivity index (χ3n) is 4.80. The molecule has 0 heterocycles. The number of hydrogen-bond donors (Lipinski definition) is 2. The van der Waals surface area contributed by atoms with Gasteiger partial charge in [0.15, 0.2) is 0 Å². The quantitative estimate of drug-likeness (QED) is 0.557. The molecule has 2 atom stereocenters. The van der Waals surface area contributed by atoms with Gasteiger partial charge in [-0.25, -0.2) is 0 Å². The molecule has 0 unspecified atom stereocenters. The average molecular weight is 409 g/mol. The first-order chi connectivity index (χ1) is 14.1. The normalized spacial score (nSPS) is 12.8. The summed E-state index contributed by atoms with van der Waals surface area (Å²) in [5.41, 5.74) is 3.17. The van der Waals surface area contributed by atoms with Gasteiger partial charge in [-0.15, -0.1) is 0 Å². The molecule has 2 N–H and O–H groups in total. The van der Waals surface area contributed by atoms with E-state index in [0.717, 1.165) is 22.4 Å². The van der Waals surface area contributed by atoms with E-state index in [2.05, 4.69) is 22.8 Å². The van der Waals surface area contributed by atoms with Crippen molar-refractivity contribution < 1.29 is 9.53 Å². The Morgan fingerprint density at radius 1 is 0.897 bits per heavy atom. The summed E-state index contributed by atoms with van der Waals surface area (Å²) in [4.78, 5) is 12.5. The lowest BCUT2D eigenvalue weighted by atomic mass is 9.98. The molecule has 0 bridgehead atoms. The maximum absolute atomic E-state index is 12.5. The fourth-order valence-corrected chi connectivity index (χ4v) is 3.32. The lowest BCUT2D eigenvalue weighted by Gasteiger charge is -2.21. The number of carbonyl (C=O) groups is 1. The largest absolute Gasteiger partial charge is 0.497 e. The minimum absolute atomic E-state index is 0.0677. The zero-order chi connectivity index (χ0) is 20.6. The Morgan fingerprint density at radius 2 is 1.48 bits per heavy atom.